The van der Waals surface area contributed by atoms with E-state index >= 15 is 0 Å². The van der Waals surface area contributed by atoms with Gasteiger partial charge in [0.25, 0.3) is 0 Å². The highest BCUT2D eigenvalue weighted by molar-refractivity contribution is 5.84. The molecule has 1 aromatic carbocycles. The molecule has 17 heavy (non-hydrogen) atoms. The van der Waals surface area contributed by atoms with Crippen molar-refractivity contribution in [3.05, 3.63) is 24.3 Å². The summed E-state index contributed by atoms with van der Waals surface area (Å²) in [6.45, 7) is 3.55. The molecule has 0 spiro atoms. The van der Waals surface area contributed by atoms with Crippen molar-refractivity contribution in [3.63, 3.8) is 0 Å². The monoisotopic (exact) mass is 234 g/mol. The van der Waals surface area contributed by atoms with E-state index in [1.54, 1.807) is 38.1 Å². The summed E-state index contributed by atoms with van der Waals surface area (Å²) >= 11 is 0. The summed E-state index contributed by atoms with van der Waals surface area (Å²) in [5.41, 5.74) is 0.611. The number of ether oxygens (including phenoxy) is 2. The number of nitriles is 1. The van der Waals surface area contributed by atoms with E-state index in [2.05, 4.69) is 5.32 Å². The number of anilines is 1. The molecule has 0 aliphatic heterocycles. The summed E-state index contributed by atoms with van der Waals surface area (Å²) in [4.78, 5) is 11.3. The Bertz CT molecular complexity index is 407. The molecule has 1 N–H and O–H groups in total. The lowest BCUT2D eigenvalue weighted by Gasteiger charge is -2.09. The van der Waals surface area contributed by atoms with Gasteiger partial charge in [-0.2, -0.15) is 5.26 Å². The SMILES string of the molecule is CC(C)OC(=O)Nc1ccc(OCC#N)cc1. The molecule has 1 amide bonds. The van der Waals surface area contributed by atoms with Gasteiger partial charge in [0.1, 0.15) is 11.8 Å². The molecule has 0 aliphatic rings. The van der Waals surface area contributed by atoms with E-state index in [0.29, 0.717) is 11.4 Å². The lowest BCUT2D eigenvalue weighted by Crippen LogP contribution is -2.17. The van der Waals surface area contributed by atoms with E-state index in [0.717, 1.165) is 0 Å². The van der Waals surface area contributed by atoms with Crippen LogP contribution >= 0.6 is 0 Å². The van der Waals surface area contributed by atoms with Gasteiger partial charge in [-0.15, -0.1) is 0 Å². The van der Waals surface area contributed by atoms with E-state index in [1.807, 2.05) is 6.07 Å². The number of hydrogen-bond acceptors (Lipinski definition) is 4. The van der Waals surface area contributed by atoms with Gasteiger partial charge in [0.15, 0.2) is 6.61 Å². The van der Waals surface area contributed by atoms with Crippen LogP contribution in [0.2, 0.25) is 0 Å². The zero-order valence-corrected chi connectivity index (χ0v) is 9.77. The van der Waals surface area contributed by atoms with Gasteiger partial charge in [0.05, 0.1) is 6.10 Å². The Hall–Kier alpha value is -2.22. The molecule has 0 aliphatic carbocycles. The fourth-order valence-electron chi connectivity index (χ4n) is 1.11. The second kappa shape index (κ2) is 6.38. The predicted molar refractivity (Wildman–Crippen MR) is 62.8 cm³/mol. The first-order valence-corrected chi connectivity index (χ1v) is 5.19. The third-order valence-electron chi connectivity index (χ3n) is 1.75. The van der Waals surface area contributed by atoms with Crippen LogP contribution in [0.15, 0.2) is 24.3 Å². The molecule has 1 rings (SSSR count). The average molecular weight is 234 g/mol. The van der Waals surface area contributed by atoms with Crippen LogP contribution in [0.3, 0.4) is 0 Å². The zero-order valence-electron chi connectivity index (χ0n) is 9.77. The first-order valence-electron chi connectivity index (χ1n) is 5.19. The fraction of sp³-hybridized carbons (Fsp3) is 0.333. The Morgan fingerprint density at radius 1 is 1.41 bits per heavy atom. The predicted octanol–water partition coefficient (Wildman–Crippen LogP) is 2.55. The highest BCUT2D eigenvalue weighted by Gasteiger charge is 2.05. The molecule has 0 radical (unpaired) electrons. The molecular formula is C12H14N2O3. The molecule has 1 aromatic rings. The summed E-state index contributed by atoms with van der Waals surface area (Å²) in [7, 11) is 0. The van der Waals surface area contributed by atoms with Crippen LogP contribution in [0, 0.1) is 11.3 Å². The summed E-state index contributed by atoms with van der Waals surface area (Å²) in [6.07, 6.45) is -0.654. The molecule has 90 valence electrons. The van der Waals surface area contributed by atoms with Crippen molar-refractivity contribution in [3.8, 4) is 11.8 Å². The number of nitrogens with zero attached hydrogens (tertiary/aromatic N) is 1. The van der Waals surface area contributed by atoms with Crippen molar-refractivity contribution in [1.29, 1.82) is 5.26 Å². The van der Waals surface area contributed by atoms with E-state index in [9.17, 15) is 4.79 Å². The van der Waals surface area contributed by atoms with E-state index in [1.165, 1.54) is 0 Å². The van der Waals surface area contributed by atoms with Crippen LogP contribution in [0.5, 0.6) is 5.75 Å². The molecule has 0 saturated carbocycles. The molecule has 0 saturated heterocycles. The minimum Gasteiger partial charge on any atom is -0.479 e. The minimum absolute atomic E-state index is 0.00215. The second-order valence-corrected chi connectivity index (χ2v) is 3.55. The number of rotatable bonds is 4. The van der Waals surface area contributed by atoms with Gasteiger partial charge in [-0.25, -0.2) is 4.79 Å². The number of nitrogens with one attached hydrogen (secondary N) is 1. The zero-order chi connectivity index (χ0) is 12.7. The molecular weight excluding hydrogens is 220 g/mol. The topological polar surface area (TPSA) is 71.3 Å². The quantitative estimate of drug-likeness (QED) is 0.868. The van der Waals surface area contributed by atoms with E-state index in [-0.39, 0.29) is 12.7 Å². The van der Waals surface area contributed by atoms with Crippen LogP contribution in [0.4, 0.5) is 10.5 Å². The third-order valence-corrected chi connectivity index (χ3v) is 1.75. The molecule has 0 unspecified atom stereocenters. The molecule has 0 atom stereocenters. The van der Waals surface area contributed by atoms with Gasteiger partial charge in [-0.1, -0.05) is 0 Å². The van der Waals surface area contributed by atoms with Crippen molar-refractivity contribution in [2.24, 2.45) is 0 Å². The van der Waals surface area contributed by atoms with Crippen molar-refractivity contribution < 1.29 is 14.3 Å². The molecule has 0 heterocycles. The summed E-state index contributed by atoms with van der Waals surface area (Å²) < 4.78 is 10.00. The van der Waals surface area contributed by atoms with Gasteiger partial charge in [0, 0.05) is 5.69 Å². The van der Waals surface area contributed by atoms with Gasteiger partial charge in [-0.05, 0) is 38.1 Å². The van der Waals surface area contributed by atoms with Gasteiger partial charge in [-0.3, -0.25) is 5.32 Å². The van der Waals surface area contributed by atoms with Crippen molar-refractivity contribution in [2.75, 3.05) is 11.9 Å². The average Bonchev–Trinajstić information content (AvgIpc) is 2.27. The van der Waals surface area contributed by atoms with Crippen LogP contribution in [0.1, 0.15) is 13.8 Å². The Kier molecular flexibility index (Phi) is 4.82. The standard InChI is InChI=1S/C12H14N2O3/c1-9(2)17-12(15)14-10-3-5-11(6-4-10)16-8-7-13/h3-6,9H,8H2,1-2H3,(H,14,15). The molecule has 0 fully saturated rings. The van der Waals surface area contributed by atoms with Gasteiger partial charge >= 0.3 is 6.09 Å². The first kappa shape index (κ1) is 12.8. The van der Waals surface area contributed by atoms with Gasteiger partial charge < -0.3 is 9.47 Å². The maximum Gasteiger partial charge on any atom is 0.411 e. The normalized spacial score (nSPS) is 9.53. The molecule has 0 aromatic heterocycles. The Morgan fingerprint density at radius 3 is 2.59 bits per heavy atom. The van der Waals surface area contributed by atoms with Crippen LogP contribution in [-0.2, 0) is 4.74 Å². The maximum atomic E-state index is 11.3. The molecule has 5 nitrogen and oxygen atoms in total. The highest BCUT2D eigenvalue weighted by atomic mass is 16.6. The fourth-order valence-corrected chi connectivity index (χ4v) is 1.11. The second-order valence-electron chi connectivity index (χ2n) is 3.55. The van der Waals surface area contributed by atoms with E-state index < -0.39 is 6.09 Å². The lowest BCUT2D eigenvalue weighted by atomic mass is 10.3. The van der Waals surface area contributed by atoms with E-state index in [4.69, 9.17) is 14.7 Å². The molecule has 5 heteroatoms. The smallest absolute Gasteiger partial charge is 0.411 e. The Labute approximate surface area is 100.0 Å². The van der Waals surface area contributed by atoms with Crippen LogP contribution in [0.25, 0.3) is 0 Å². The van der Waals surface area contributed by atoms with Crippen molar-refractivity contribution >= 4 is 11.8 Å². The van der Waals surface area contributed by atoms with Gasteiger partial charge in [0.2, 0.25) is 0 Å². The first-order chi connectivity index (χ1) is 8.11. The lowest BCUT2D eigenvalue weighted by molar-refractivity contribution is 0.130. The van der Waals surface area contributed by atoms with Crippen LogP contribution < -0.4 is 10.1 Å². The minimum atomic E-state index is -0.495. The Balaban J connectivity index is 2.51. The van der Waals surface area contributed by atoms with Crippen molar-refractivity contribution in [2.45, 2.75) is 20.0 Å². The third kappa shape index (κ3) is 4.89. The summed E-state index contributed by atoms with van der Waals surface area (Å²) in [5.74, 6) is 0.578. The van der Waals surface area contributed by atoms with Crippen LogP contribution in [-0.4, -0.2) is 18.8 Å². The Morgan fingerprint density at radius 2 is 2.06 bits per heavy atom. The number of hydrogen-bond donors (Lipinski definition) is 1. The number of carbonyl (C=O) groups is 1. The number of amides is 1. The molecule has 0 bridgehead atoms. The highest BCUT2D eigenvalue weighted by Crippen LogP contribution is 2.15. The maximum absolute atomic E-state index is 11.3. The number of carbonyl (C=O) groups excluding carboxylic acids is 1. The summed E-state index contributed by atoms with van der Waals surface area (Å²) in [6, 6.07) is 8.56. The largest absolute Gasteiger partial charge is 0.479 e. The number of benzene rings is 1. The van der Waals surface area contributed by atoms with Crippen molar-refractivity contribution in [1.82, 2.24) is 0 Å². The summed E-state index contributed by atoms with van der Waals surface area (Å²) in [5, 5.41) is 10.9.